The van der Waals surface area contributed by atoms with E-state index in [0.29, 0.717) is 12.0 Å². The monoisotopic (exact) mass is 481 g/mol. The third-order valence-electron chi connectivity index (χ3n) is 7.53. The Hall–Kier alpha value is -0.170. The lowest BCUT2D eigenvalue weighted by Crippen LogP contribution is -2.52. The number of likely N-dealkylation sites (tertiary alicyclic amines) is 1. The van der Waals surface area contributed by atoms with Crippen LogP contribution in [0.25, 0.3) is 0 Å². The normalized spacial score (nSPS) is 32.9. The van der Waals surface area contributed by atoms with Gasteiger partial charge in [0.1, 0.15) is 0 Å². The van der Waals surface area contributed by atoms with Gasteiger partial charge < -0.3 is 4.90 Å². The van der Waals surface area contributed by atoms with Gasteiger partial charge in [-0.2, -0.15) is 0 Å². The molecule has 4 atom stereocenters. The summed E-state index contributed by atoms with van der Waals surface area (Å²) in [6.45, 7) is 6.19. The molecule has 3 nitrogen and oxygen atoms in total. The van der Waals surface area contributed by atoms with E-state index in [9.17, 15) is 0 Å². The largest absolute Gasteiger partial charge is 0.303 e. The van der Waals surface area contributed by atoms with Gasteiger partial charge in [-0.1, -0.05) is 31.2 Å². The molecule has 0 aliphatic carbocycles. The maximum atomic E-state index is 3.58. The molecule has 0 radical (unpaired) electrons. The Morgan fingerprint density at radius 3 is 2.63 bits per heavy atom. The van der Waals surface area contributed by atoms with Crippen LogP contribution in [0.3, 0.4) is 0 Å². The van der Waals surface area contributed by atoms with Crippen molar-refractivity contribution in [1.82, 2.24) is 13.3 Å². The number of benzene rings is 1. The summed E-state index contributed by atoms with van der Waals surface area (Å²) < 4.78 is 3.58. The first-order chi connectivity index (χ1) is 13.2. The van der Waals surface area contributed by atoms with Gasteiger partial charge in [-0.05, 0) is 88.7 Å². The second-order valence-electron chi connectivity index (χ2n) is 9.17. The molecule has 3 unspecified atom stereocenters. The fourth-order valence-corrected chi connectivity index (χ4v) is 6.71. The molecule has 1 aromatic rings. The van der Waals surface area contributed by atoms with Gasteiger partial charge in [0.2, 0.25) is 0 Å². The van der Waals surface area contributed by atoms with Gasteiger partial charge in [0.05, 0.1) is 0 Å². The topological polar surface area (TPSA) is 18.5 Å². The second kappa shape index (κ2) is 9.10. The van der Waals surface area contributed by atoms with Crippen molar-refractivity contribution in [2.45, 2.75) is 75.9 Å². The van der Waals surface area contributed by atoms with Crippen molar-refractivity contribution in [3.63, 3.8) is 0 Å². The minimum Gasteiger partial charge on any atom is -0.303 e. The highest BCUT2D eigenvalue weighted by Gasteiger charge is 2.45. The Kier molecular flexibility index (Phi) is 6.78. The average molecular weight is 481 g/mol. The number of nitrogens with zero attached hydrogens (tertiary/aromatic N) is 2. The van der Waals surface area contributed by atoms with Crippen LogP contribution >= 0.6 is 22.9 Å². The number of piperidine rings is 2. The Morgan fingerprint density at radius 1 is 1.11 bits per heavy atom. The summed E-state index contributed by atoms with van der Waals surface area (Å²) in [5.41, 5.74) is 3.16. The molecule has 3 saturated heterocycles. The second-order valence-corrected chi connectivity index (χ2v) is 9.79. The zero-order chi connectivity index (χ0) is 18.8. The maximum absolute atomic E-state index is 3.58. The molecule has 0 amide bonds. The highest BCUT2D eigenvalue weighted by molar-refractivity contribution is 14.1. The van der Waals surface area contributed by atoms with Gasteiger partial charge in [0.15, 0.2) is 0 Å². The first-order valence-electron chi connectivity index (χ1n) is 11.1. The van der Waals surface area contributed by atoms with Crippen molar-refractivity contribution in [1.29, 1.82) is 0 Å². The van der Waals surface area contributed by atoms with Crippen molar-refractivity contribution < 1.29 is 0 Å². The van der Waals surface area contributed by atoms with E-state index in [-0.39, 0.29) is 0 Å². The lowest BCUT2D eigenvalue weighted by Gasteiger charge is -2.42. The van der Waals surface area contributed by atoms with Crippen molar-refractivity contribution in [2.75, 3.05) is 26.7 Å². The smallest absolute Gasteiger partial charge is 0.0325 e. The number of likely N-dealkylation sites (N-methyl/N-ethyl adjacent to an activating group) is 1. The molecule has 4 rings (SSSR count). The molecule has 3 aliphatic rings. The summed E-state index contributed by atoms with van der Waals surface area (Å²) in [5.74, 6) is 1.56. The molecule has 0 saturated carbocycles. The molecule has 1 N–H and O–H groups in total. The van der Waals surface area contributed by atoms with Gasteiger partial charge in [-0.3, -0.25) is 8.43 Å². The molecule has 3 heterocycles. The molecule has 2 bridgehead atoms. The molecule has 150 valence electrons. The number of rotatable bonds is 6. The molecule has 0 spiro atoms. The molecular formula is C23H36IN3. The SMILES string of the molecule is CCCN1CCC(Cc2cccc(C3CC(NI)C4CC[C@@H]3N4C)c2)CC1. The first-order valence-corrected chi connectivity index (χ1v) is 12.2. The first kappa shape index (κ1) is 20.1. The van der Waals surface area contributed by atoms with Gasteiger partial charge >= 0.3 is 0 Å². The van der Waals surface area contributed by atoms with E-state index in [4.69, 9.17) is 0 Å². The molecule has 27 heavy (non-hydrogen) atoms. The number of halogens is 1. The summed E-state index contributed by atoms with van der Waals surface area (Å²) in [6, 6.07) is 11.8. The summed E-state index contributed by atoms with van der Waals surface area (Å²) in [5, 5.41) is 0. The van der Waals surface area contributed by atoms with Crippen LogP contribution in [0, 0.1) is 5.92 Å². The average Bonchev–Trinajstić information content (AvgIpc) is 2.95. The molecular weight excluding hydrogens is 445 g/mol. The minimum absolute atomic E-state index is 0.630. The number of nitrogens with one attached hydrogen (secondary N) is 1. The van der Waals surface area contributed by atoms with E-state index in [0.717, 1.165) is 18.0 Å². The van der Waals surface area contributed by atoms with Crippen LogP contribution in [-0.4, -0.2) is 54.6 Å². The molecule has 4 heteroatoms. The third-order valence-corrected chi connectivity index (χ3v) is 8.33. The number of hydrogen-bond donors (Lipinski definition) is 1. The predicted octanol–water partition coefficient (Wildman–Crippen LogP) is 4.61. The van der Waals surface area contributed by atoms with Crippen LogP contribution in [0.15, 0.2) is 24.3 Å². The van der Waals surface area contributed by atoms with Gasteiger partial charge in [0, 0.05) is 46.9 Å². The summed E-state index contributed by atoms with van der Waals surface area (Å²) in [6.07, 6.45) is 9.33. The lowest BCUT2D eigenvalue weighted by atomic mass is 9.81. The van der Waals surface area contributed by atoms with Gasteiger partial charge in [-0.25, -0.2) is 0 Å². The zero-order valence-electron chi connectivity index (χ0n) is 17.0. The van der Waals surface area contributed by atoms with Crippen LogP contribution in [-0.2, 0) is 6.42 Å². The Bertz CT molecular complexity index is 613. The summed E-state index contributed by atoms with van der Waals surface area (Å²) in [4.78, 5) is 5.32. The van der Waals surface area contributed by atoms with Crippen LogP contribution in [0.1, 0.15) is 62.5 Å². The highest BCUT2D eigenvalue weighted by atomic mass is 127. The van der Waals surface area contributed by atoms with Crippen LogP contribution in [0.4, 0.5) is 0 Å². The molecule has 1 aromatic carbocycles. The van der Waals surface area contributed by atoms with E-state index < -0.39 is 0 Å². The van der Waals surface area contributed by atoms with E-state index in [1.807, 2.05) is 0 Å². The molecule has 0 aromatic heterocycles. The van der Waals surface area contributed by atoms with Crippen molar-refractivity contribution in [3.05, 3.63) is 35.4 Å². The van der Waals surface area contributed by atoms with Crippen LogP contribution in [0.5, 0.6) is 0 Å². The minimum atomic E-state index is 0.630. The predicted molar refractivity (Wildman–Crippen MR) is 122 cm³/mol. The fraction of sp³-hybridized carbons (Fsp3) is 0.739. The number of hydrogen-bond acceptors (Lipinski definition) is 3. The maximum Gasteiger partial charge on any atom is 0.0325 e. The van der Waals surface area contributed by atoms with Crippen molar-refractivity contribution in [3.8, 4) is 0 Å². The Morgan fingerprint density at radius 2 is 1.89 bits per heavy atom. The molecule has 3 fully saturated rings. The lowest BCUT2D eigenvalue weighted by molar-refractivity contribution is 0.132. The van der Waals surface area contributed by atoms with Crippen molar-refractivity contribution in [2.24, 2.45) is 5.92 Å². The standard InChI is InChI=1S/C23H36IN3/c1-3-11-27-12-9-17(10-13-27)14-18-5-4-6-19(15-18)20-16-21(25-24)23-8-7-22(20)26(23)2/h4-6,15,17,20-23,25H,3,7-14,16H2,1-2H3/t20?,21?,22-,23?/m0/s1. The fourth-order valence-electron chi connectivity index (χ4n) is 6.04. The van der Waals surface area contributed by atoms with Crippen LogP contribution < -0.4 is 3.53 Å². The zero-order valence-corrected chi connectivity index (χ0v) is 19.2. The van der Waals surface area contributed by atoms with Crippen LogP contribution in [0.2, 0.25) is 0 Å². The quantitative estimate of drug-likeness (QED) is 0.473. The van der Waals surface area contributed by atoms with Gasteiger partial charge in [-0.15, -0.1) is 0 Å². The van der Waals surface area contributed by atoms with E-state index in [1.54, 1.807) is 11.1 Å². The van der Waals surface area contributed by atoms with E-state index in [1.165, 1.54) is 64.6 Å². The number of fused-ring (bicyclic) bond motifs is 2. The highest BCUT2D eigenvalue weighted by Crippen LogP contribution is 2.43. The summed E-state index contributed by atoms with van der Waals surface area (Å²) in [7, 11) is 2.35. The van der Waals surface area contributed by atoms with Crippen molar-refractivity contribution >= 4 is 22.9 Å². The Balaban J connectivity index is 1.42. The van der Waals surface area contributed by atoms with E-state index >= 15 is 0 Å². The third kappa shape index (κ3) is 4.39. The summed E-state index contributed by atoms with van der Waals surface area (Å²) >= 11 is 2.37. The Labute approximate surface area is 179 Å². The van der Waals surface area contributed by atoms with E-state index in [2.05, 4.69) is 74.4 Å². The molecule has 3 aliphatic heterocycles. The van der Waals surface area contributed by atoms with Gasteiger partial charge in [0.25, 0.3) is 0 Å².